The summed E-state index contributed by atoms with van der Waals surface area (Å²) in [6.07, 6.45) is 23.4. The van der Waals surface area contributed by atoms with Crippen molar-refractivity contribution in [3.05, 3.63) is 118 Å². The van der Waals surface area contributed by atoms with E-state index in [1.54, 1.807) is 6.08 Å². The predicted octanol–water partition coefficient (Wildman–Crippen LogP) is 4.20. The Balaban J connectivity index is 0.000000567. The van der Waals surface area contributed by atoms with E-state index in [1.807, 2.05) is 83.0 Å². The SMILES string of the molecule is COC(=O)/C=C/C(=C\[C]1[CH][CH][CH][CH]1)CN(C)c1ccccc1.[CH]1[CH][CH][CH][CH]1.[Fe+2]. The summed E-state index contributed by atoms with van der Waals surface area (Å²) < 4.78 is 4.66. The molecule has 2 saturated carbocycles. The van der Waals surface area contributed by atoms with Crippen molar-refractivity contribution in [2.75, 3.05) is 25.6 Å². The molecule has 3 nitrogen and oxygen atoms in total. The number of ether oxygens (including phenoxy) is 1. The van der Waals surface area contributed by atoms with Crippen LogP contribution in [-0.4, -0.2) is 26.7 Å². The van der Waals surface area contributed by atoms with Gasteiger partial charge in [0.1, 0.15) is 0 Å². The van der Waals surface area contributed by atoms with Crippen molar-refractivity contribution < 1.29 is 26.6 Å². The van der Waals surface area contributed by atoms with E-state index in [-0.39, 0.29) is 23.0 Å². The summed E-state index contributed by atoms with van der Waals surface area (Å²) in [6.45, 7) is 0.697. The molecule has 10 radical (unpaired) electrons. The van der Waals surface area contributed by atoms with Crippen LogP contribution in [0.15, 0.2) is 54.1 Å². The molecule has 1 aromatic carbocycles. The smallest absolute Gasteiger partial charge is 0.466 e. The molecule has 0 amide bonds. The van der Waals surface area contributed by atoms with Crippen LogP contribution in [0.2, 0.25) is 0 Å². The molecule has 0 heterocycles. The Bertz CT molecular complexity index is 595. The number of nitrogens with zero attached hydrogens (tertiary/aromatic N) is 1. The number of carbonyl (C=O) groups is 1. The maximum atomic E-state index is 11.3. The number of benzene rings is 1. The molecular formula is C24H25FeNO2+2. The van der Waals surface area contributed by atoms with Crippen molar-refractivity contribution in [1.82, 2.24) is 0 Å². The molecule has 144 valence electrons. The molecule has 1 aromatic rings. The maximum absolute atomic E-state index is 11.3. The first-order chi connectivity index (χ1) is 13.2. The molecule has 2 fully saturated rings. The van der Waals surface area contributed by atoms with E-state index in [1.165, 1.54) is 13.2 Å². The summed E-state index contributed by atoms with van der Waals surface area (Å²) in [6, 6.07) is 10.1. The van der Waals surface area contributed by atoms with Crippen LogP contribution in [0.3, 0.4) is 0 Å². The second kappa shape index (κ2) is 14.5. The Kier molecular flexibility index (Phi) is 12.7. The van der Waals surface area contributed by atoms with E-state index in [9.17, 15) is 4.79 Å². The van der Waals surface area contributed by atoms with Crippen LogP contribution >= 0.6 is 0 Å². The van der Waals surface area contributed by atoms with Crippen molar-refractivity contribution in [3.8, 4) is 0 Å². The number of anilines is 1. The Morgan fingerprint density at radius 1 is 0.929 bits per heavy atom. The maximum Gasteiger partial charge on any atom is 2.00 e. The van der Waals surface area contributed by atoms with E-state index in [4.69, 9.17) is 0 Å². The van der Waals surface area contributed by atoms with Gasteiger partial charge in [-0.2, -0.15) is 0 Å². The number of hydrogen-bond donors (Lipinski definition) is 0. The summed E-state index contributed by atoms with van der Waals surface area (Å²) in [5.74, 6) is 0.766. The first-order valence-electron chi connectivity index (χ1n) is 8.80. The molecule has 3 rings (SSSR count). The third-order valence-electron chi connectivity index (χ3n) is 3.85. The molecular weight excluding hydrogens is 390 g/mol. The molecule has 0 atom stereocenters. The van der Waals surface area contributed by atoms with Gasteiger partial charge in [-0.3, -0.25) is 0 Å². The average molecular weight is 415 g/mol. The van der Waals surface area contributed by atoms with Crippen molar-refractivity contribution in [2.45, 2.75) is 0 Å². The van der Waals surface area contributed by atoms with Crippen molar-refractivity contribution in [1.29, 1.82) is 0 Å². The van der Waals surface area contributed by atoms with Crippen molar-refractivity contribution >= 4 is 11.7 Å². The standard InChI is InChI=1S/C19H20NO2.C5H5.Fe/c1-20(18-10-4-3-5-11-18)15-17(12-13-19(21)22-2)14-16-8-6-7-9-16;1-2-4-5-3-1;/h3-14H,15H2,1-2H3;1-5H;/q;;+2/b13-12+,17-14+;;. The van der Waals surface area contributed by atoms with Gasteiger partial charge in [-0.15, -0.1) is 0 Å². The molecule has 28 heavy (non-hydrogen) atoms. The average Bonchev–Trinajstić information content (AvgIpc) is 3.43. The summed E-state index contributed by atoms with van der Waals surface area (Å²) in [5.41, 5.74) is 2.16. The predicted molar refractivity (Wildman–Crippen MR) is 111 cm³/mol. The fourth-order valence-corrected chi connectivity index (χ4v) is 2.46. The zero-order chi connectivity index (χ0) is 19.3. The van der Waals surface area contributed by atoms with Gasteiger partial charge in [0, 0.05) is 31.3 Å². The normalized spacial score (nSPS) is 17.0. The number of methoxy groups -OCH3 is 1. The van der Waals surface area contributed by atoms with Gasteiger partial charge in [-0.05, 0) is 75.5 Å². The van der Waals surface area contributed by atoms with Crippen molar-refractivity contribution in [2.24, 2.45) is 0 Å². The molecule has 2 aliphatic rings. The van der Waals surface area contributed by atoms with Gasteiger partial charge < -0.3 is 9.64 Å². The van der Waals surface area contributed by atoms with Gasteiger partial charge in [0.05, 0.1) is 7.11 Å². The van der Waals surface area contributed by atoms with Gasteiger partial charge in [-0.25, -0.2) is 4.79 Å². The van der Waals surface area contributed by atoms with Crippen LogP contribution in [0.1, 0.15) is 0 Å². The van der Waals surface area contributed by atoms with Crippen LogP contribution in [0.5, 0.6) is 0 Å². The zero-order valence-corrected chi connectivity index (χ0v) is 17.2. The molecule has 0 unspecified atom stereocenters. The Labute approximate surface area is 181 Å². The second-order valence-electron chi connectivity index (χ2n) is 5.95. The topological polar surface area (TPSA) is 29.5 Å². The first-order valence-corrected chi connectivity index (χ1v) is 8.80. The van der Waals surface area contributed by atoms with E-state index in [0.29, 0.717) is 6.54 Å². The van der Waals surface area contributed by atoms with Gasteiger partial charge in [-0.1, -0.05) is 30.4 Å². The summed E-state index contributed by atoms with van der Waals surface area (Å²) >= 11 is 0. The number of esters is 1. The Hall–Kier alpha value is -1.51. The summed E-state index contributed by atoms with van der Waals surface area (Å²) in [4.78, 5) is 13.5. The third kappa shape index (κ3) is 9.61. The number of rotatable bonds is 6. The van der Waals surface area contributed by atoms with E-state index in [2.05, 4.69) is 27.8 Å². The minimum Gasteiger partial charge on any atom is -0.466 e. The van der Waals surface area contributed by atoms with Gasteiger partial charge in [0.15, 0.2) is 0 Å². The number of allylic oxidation sites excluding steroid dienone is 1. The molecule has 0 bridgehead atoms. The van der Waals surface area contributed by atoms with Crippen LogP contribution in [0, 0.1) is 63.7 Å². The number of likely N-dealkylation sites (N-methyl/N-ethyl adjacent to an activating group) is 1. The number of hydrogen-bond acceptors (Lipinski definition) is 3. The zero-order valence-electron chi connectivity index (χ0n) is 16.1. The molecule has 4 heteroatoms. The molecule has 0 aliphatic heterocycles. The van der Waals surface area contributed by atoms with Crippen LogP contribution < -0.4 is 4.90 Å². The van der Waals surface area contributed by atoms with E-state index >= 15 is 0 Å². The minimum atomic E-state index is -0.351. The molecule has 0 spiro atoms. The van der Waals surface area contributed by atoms with E-state index < -0.39 is 0 Å². The minimum absolute atomic E-state index is 0. The van der Waals surface area contributed by atoms with Crippen molar-refractivity contribution in [3.63, 3.8) is 0 Å². The largest absolute Gasteiger partial charge is 2.00 e. The fraction of sp³-hybridized carbons (Fsp3) is 0.125. The third-order valence-corrected chi connectivity index (χ3v) is 3.85. The fourth-order valence-electron chi connectivity index (χ4n) is 2.46. The van der Waals surface area contributed by atoms with Crippen LogP contribution in [0.4, 0.5) is 5.69 Å². The van der Waals surface area contributed by atoms with Crippen LogP contribution in [0.25, 0.3) is 0 Å². The Morgan fingerprint density at radius 2 is 1.50 bits per heavy atom. The summed E-state index contributed by atoms with van der Waals surface area (Å²) in [7, 11) is 3.41. The molecule has 0 aromatic heterocycles. The Morgan fingerprint density at radius 3 is 2.04 bits per heavy atom. The quantitative estimate of drug-likeness (QED) is 0.302. The summed E-state index contributed by atoms with van der Waals surface area (Å²) in [5, 5.41) is 0. The second-order valence-corrected chi connectivity index (χ2v) is 5.95. The number of carbonyl (C=O) groups excluding carboxylic acids is 1. The molecule has 2 aliphatic carbocycles. The monoisotopic (exact) mass is 415 g/mol. The molecule has 0 saturated heterocycles. The number of para-hydroxylation sites is 1. The van der Waals surface area contributed by atoms with E-state index in [0.717, 1.165) is 17.2 Å². The first kappa shape index (κ1) is 24.5. The molecule has 0 N–H and O–H groups in total. The van der Waals surface area contributed by atoms with Gasteiger partial charge in [0.2, 0.25) is 0 Å². The van der Waals surface area contributed by atoms with Gasteiger partial charge >= 0.3 is 23.0 Å². The van der Waals surface area contributed by atoms with Gasteiger partial charge in [0.25, 0.3) is 0 Å². The van der Waals surface area contributed by atoms with Crippen LogP contribution in [-0.2, 0) is 26.6 Å².